The van der Waals surface area contributed by atoms with E-state index in [1.54, 1.807) is 0 Å². The molecular formula is C20H35N. The van der Waals surface area contributed by atoms with Crippen molar-refractivity contribution in [2.75, 3.05) is 11.9 Å². The van der Waals surface area contributed by atoms with Gasteiger partial charge in [-0.2, -0.15) is 0 Å². The topological polar surface area (TPSA) is 12.0 Å². The zero-order valence-electron chi connectivity index (χ0n) is 14.5. The third kappa shape index (κ3) is 8.80. The van der Waals surface area contributed by atoms with E-state index in [1.807, 2.05) is 0 Å². The quantitative estimate of drug-likeness (QED) is 0.425. The first-order valence-corrected chi connectivity index (χ1v) is 9.05. The van der Waals surface area contributed by atoms with Crippen LogP contribution in [0.1, 0.15) is 82.3 Å². The summed E-state index contributed by atoms with van der Waals surface area (Å²) >= 11 is 0. The Bertz CT molecular complexity index is 370. The van der Waals surface area contributed by atoms with Crippen molar-refractivity contribution in [3.8, 4) is 0 Å². The molecule has 0 spiro atoms. The summed E-state index contributed by atoms with van der Waals surface area (Å²) < 4.78 is 0. The van der Waals surface area contributed by atoms with Gasteiger partial charge < -0.3 is 5.32 Å². The summed E-state index contributed by atoms with van der Waals surface area (Å²) in [6.07, 6.45) is 14.0. The fraction of sp³-hybridized carbons (Fsp3) is 0.700. The van der Waals surface area contributed by atoms with Crippen LogP contribution in [0.5, 0.6) is 0 Å². The highest BCUT2D eigenvalue weighted by molar-refractivity contribution is 5.47. The lowest BCUT2D eigenvalue weighted by molar-refractivity contribution is 0.560. The summed E-state index contributed by atoms with van der Waals surface area (Å²) in [7, 11) is 0. The van der Waals surface area contributed by atoms with Gasteiger partial charge in [-0.1, -0.05) is 70.8 Å². The van der Waals surface area contributed by atoms with Crippen LogP contribution >= 0.6 is 0 Å². The maximum atomic E-state index is 3.54. The molecule has 0 fully saturated rings. The van der Waals surface area contributed by atoms with Gasteiger partial charge in [0.2, 0.25) is 0 Å². The summed E-state index contributed by atoms with van der Waals surface area (Å²) in [5.41, 5.74) is 4.02. The van der Waals surface area contributed by atoms with Crippen LogP contribution in [0.3, 0.4) is 0 Å². The monoisotopic (exact) mass is 289 g/mol. The SMILES string of the molecule is CCCCCCCCCCCCNc1ccc(C)c(C)c1. The van der Waals surface area contributed by atoms with E-state index in [1.165, 1.54) is 81.0 Å². The van der Waals surface area contributed by atoms with E-state index in [4.69, 9.17) is 0 Å². The van der Waals surface area contributed by atoms with Crippen LogP contribution in [0, 0.1) is 13.8 Å². The molecule has 1 N–H and O–H groups in total. The molecule has 1 aromatic rings. The normalized spacial score (nSPS) is 10.8. The molecule has 0 amide bonds. The van der Waals surface area contributed by atoms with Crippen LogP contribution in [0.2, 0.25) is 0 Å². The molecule has 0 saturated carbocycles. The summed E-state index contributed by atoms with van der Waals surface area (Å²) in [6.45, 7) is 7.74. The van der Waals surface area contributed by atoms with E-state index in [2.05, 4.69) is 44.3 Å². The molecule has 0 atom stereocenters. The standard InChI is InChI=1S/C20H35N/c1-4-5-6-7-8-9-10-11-12-13-16-21-20-15-14-18(2)19(3)17-20/h14-15,17,21H,4-13,16H2,1-3H3. The Morgan fingerprint density at radius 1 is 0.714 bits per heavy atom. The highest BCUT2D eigenvalue weighted by atomic mass is 14.9. The number of hydrogen-bond acceptors (Lipinski definition) is 1. The number of anilines is 1. The third-order valence-corrected chi connectivity index (χ3v) is 4.37. The van der Waals surface area contributed by atoms with Crippen LogP contribution < -0.4 is 5.32 Å². The van der Waals surface area contributed by atoms with Crippen molar-refractivity contribution >= 4 is 5.69 Å². The van der Waals surface area contributed by atoms with E-state index < -0.39 is 0 Å². The predicted octanol–water partition coefficient (Wildman–Crippen LogP) is 6.64. The van der Waals surface area contributed by atoms with Crippen molar-refractivity contribution < 1.29 is 0 Å². The van der Waals surface area contributed by atoms with Gasteiger partial charge in [-0.25, -0.2) is 0 Å². The maximum Gasteiger partial charge on any atom is 0.0342 e. The van der Waals surface area contributed by atoms with Crippen molar-refractivity contribution in [1.82, 2.24) is 0 Å². The van der Waals surface area contributed by atoms with Crippen molar-refractivity contribution in [1.29, 1.82) is 0 Å². The van der Waals surface area contributed by atoms with Gasteiger partial charge in [-0.05, 0) is 43.5 Å². The lowest BCUT2D eigenvalue weighted by Gasteiger charge is -2.08. The van der Waals surface area contributed by atoms with Gasteiger partial charge in [0.05, 0.1) is 0 Å². The van der Waals surface area contributed by atoms with Crippen LogP contribution in [0.4, 0.5) is 5.69 Å². The molecular weight excluding hydrogens is 254 g/mol. The zero-order valence-corrected chi connectivity index (χ0v) is 14.5. The summed E-state index contributed by atoms with van der Waals surface area (Å²) in [4.78, 5) is 0. The molecule has 21 heavy (non-hydrogen) atoms. The smallest absolute Gasteiger partial charge is 0.0342 e. The van der Waals surface area contributed by atoms with Gasteiger partial charge in [0, 0.05) is 12.2 Å². The Kier molecular flexibility index (Phi) is 10.0. The lowest BCUT2D eigenvalue weighted by atomic mass is 10.1. The highest BCUT2D eigenvalue weighted by Crippen LogP contribution is 2.15. The summed E-state index contributed by atoms with van der Waals surface area (Å²) in [6, 6.07) is 6.65. The largest absolute Gasteiger partial charge is 0.385 e. The van der Waals surface area contributed by atoms with Gasteiger partial charge in [0.1, 0.15) is 0 Å². The van der Waals surface area contributed by atoms with E-state index in [0.29, 0.717) is 0 Å². The minimum absolute atomic E-state index is 1.11. The molecule has 0 radical (unpaired) electrons. The Morgan fingerprint density at radius 2 is 1.29 bits per heavy atom. The van der Waals surface area contributed by atoms with Crippen LogP contribution in [-0.4, -0.2) is 6.54 Å². The number of benzene rings is 1. The molecule has 0 aliphatic heterocycles. The molecule has 1 rings (SSSR count). The molecule has 0 aliphatic rings. The Balaban J connectivity index is 1.91. The Labute approximate surface area is 132 Å². The van der Waals surface area contributed by atoms with E-state index in [9.17, 15) is 0 Å². The molecule has 1 nitrogen and oxygen atoms in total. The van der Waals surface area contributed by atoms with Crippen LogP contribution in [0.25, 0.3) is 0 Å². The second-order valence-corrected chi connectivity index (χ2v) is 6.41. The van der Waals surface area contributed by atoms with Crippen LogP contribution in [0.15, 0.2) is 18.2 Å². The second kappa shape index (κ2) is 11.7. The number of aryl methyl sites for hydroxylation is 2. The van der Waals surface area contributed by atoms with Gasteiger partial charge in [0.25, 0.3) is 0 Å². The van der Waals surface area contributed by atoms with Gasteiger partial charge in [0.15, 0.2) is 0 Å². The van der Waals surface area contributed by atoms with Crippen molar-refractivity contribution in [3.63, 3.8) is 0 Å². The molecule has 0 unspecified atom stereocenters. The van der Waals surface area contributed by atoms with E-state index in [0.717, 1.165) is 6.54 Å². The Morgan fingerprint density at radius 3 is 1.86 bits per heavy atom. The molecule has 0 heterocycles. The maximum absolute atomic E-state index is 3.54. The van der Waals surface area contributed by atoms with Crippen LogP contribution in [-0.2, 0) is 0 Å². The fourth-order valence-electron chi connectivity index (χ4n) is 2.70. The molecule has 1 aromatic carbocycles. The van der Waals surface area contributed by atoms with Crippen molar-refractivity contribution in [3.05, 3.63) is 29.3 Å². The average molecular weight is 290 g/mol. The van der Waals surface area contributed by atoms with Gasteiger partial charge in [-0.15, -0.1) is 0 Å². The third-order valence-electron chi connectivity index (χ3n) is 4.37. The number of hydrogen-bond donors (Lipinski definition) is 1. The Hall–Kier alpha value is -0.980. The van der Waals surface area contributed by atoms with Crippen molar-refractivity contribution in [2.24, 2.45) is 0 Å². The van der Waals surface area contributed by atoms with E-state index >= 15 is 0 Å². The summed E-state index contributed by atoms with van der Waals surface area (Å²) in [5, 5.41) is 3.54. The second-order valence-electron chi connectivity index (χ2n) is 6.41. The molecule has 0 aliphatic carbocycles. The first-order chi connectivity index (χ1) is 10.2. The minimum atomic E-state index is 1.11. The van der Waals surface area contributed by atoms with Crippen molar-refractivity contribution in [2.45, 2.75) is 85.0 Å². The van der Waals surface area contributed by atoms with Gasteiger partial charge >= 0.3 is 0 Å². The molecule has 1 heteroatoms. The minimum Gasteiger partial charge on any atom is -0.385 e. The van der Waals surface area contributed by atoms with Gasteiger partial charge in [-0.3, -0.25) is 0 Å². The lowest BCUT2D eigenvalue weighted by Crippen LogP contribution is -2.01. The zero-order chi connectivity index (χ0) is 15.3. The molecule has 0 saturated heterocycles. The average Bonchev–Trinajstić information content (AvgIpc) is 2.48. The summed E-state index contributed by atoms with van der Waals surface area (Å²) in [5.74, 6) is 0. The number of rotatable bonds is 12. The predicted molar refractivity (Wildman–Crippen MR) is 96.2 cm³/mol. The molecule has 120 valence electrons. The number of unbranched alkanes of at least 4 members (excludes halogenated alkanes) is 9. The highest BCUT2D eigenvalue weighted by Gasteiger charge is 1.96. The molecule has 0 bridgehead atoms. The molecule has 0 aromatic heterocycles. The first kappa shape index (κ1) is 18.1. The number of nitrogens with one attached hydrogen (secondary N) is 1. The fourth-order valence-corrected chi connectivity index (χ4v) is 2.70. The first-order valence-electron chi connectivity index (χ1n) is 9.05. The van der Waals surface area contributed by atoms with E-state index in [-0.39, 0.29) is 0 Å².